The molecule has 0 saturated carbocycles. The maximum atomic E-state index is 5.88. The Morgan fingerprint density at radius 3 is 2.50 bits per heavy atom. The van der Waals surface area contributed by atoms with Crippen LogP contribution in [0.4, 0.5) is 5.69 Å². The van der Waals surface area contributed by atoms with Gasteiger partial charge in [0.25, 0.3) is 0 Å². The molecule has 2 aromatic heterocycles. The summed E-state index contributed by atoms with van der Waals surface area (Å²) in [6.07, 6.45) is 1.84. The zero-order chi connectivity index (χ0) is 23.7. The number of nitrogens with one attached hydrogen (secondary N) is 1. The maximum Gasteiger partial charge on any atom is 0.174 e. The van der Waals surface area contributed by atoms with Crippen LogP contribution in [0.5, 0.6) is 5.75 Å². The number of ether oxygens (including phenoxy) is 1. The summed E-state index contributed by atoms with van der Waals surface area (Å²) in [4.78, 5) is 6.88. The number of rotatable bonds is 6. The molecule has 2 atom stereocenters. The molecule has 0 spiro atoms. The van der Waals surface area contributed by atoms with Gasteiger partial charge in [0.2, 0.25) is 0 Å². The first-order valence-corrected chi connectivity index (χ1v) is 11.8. The van der Waals surface area contributed by atoms with Gasteiger partial charge in [-0.15, -0.1) is 0 Å². The third kappa shape index (κ3) is 4.05. The van der Waals surface area contributed by atoms with E-state index in [1.54, 1.807) is 7.11 Å². The van der Waals surface area contributed by atoms with E-state index in [1.807, 2.05) is 36.5 Å². The molecule has 2 unspecified atom stereocenters. The largest absolute Gasteiger partial charge is 0.497 e. The quantitative estimate of drug-likeness (QED) is 0.366. The van der Waals surface area contributed by atoms with Gasteiger partial charge in [-0.1, -0.05) is 42.5 Å². The summed E-state index contributed by atoms with van der Waals surface area (Å²) in [6, 6.07) is 26.8. The summed E-state index contributed by atoms with van der Waals surface area (Å²) in [5.41, 5.74) is 6.92. The maximum absolute atomic E-state index is 5.88. The molecule has 4 aromatic rings. The SMILES string of the molecule is COc1cccc(N2C(=S)NC(c3ccccn3)C2c2cc(C)n(Cc3ccccc3)c2C)c1. The van der Waals surface area contributed by atoms with Crippen molar-refractivity contribution in [3.8, 4) is 5.75 Å². The van der Waals surface area contributed by atoms with Crippen LogP contribution in [0.1, 0.15) is 40.3 Å². The Morgan fingerprint density at radius 1 is 0.971 bits per heavy atom. The van der Waals surface area contributed by atoms with Crippen molar-refractivity contribution < 1.29 is 4.74 Å². The second-order valence-corrected chi connectivity index (χ2v) is 8.98. The van der Waals surface area contributed by atoms with E-state index in [2.05, 4.69) is 82.1 Å². The molecule has 1 aliphatic rings. The molecule has 1 N–H and O–H groups in total. The minimum Gasteiger partial charge on any atom is -0.497 e. The van der Waals surface area contributed by atoms with Crippen molar-refractivity contribution in [2.75, 3.05) is 12.0 Å². The summed E-state index contributed by atoms with van der Waals surface area (Å²) in [5, 5.41) is 4.24. The highest BCUT2D eigenvalue weighted by molar-refractivity contribution is 7.80. The van der Waals surface area contributed by atoms with Crippen LogP contribution in [0.15, 0.2) is 85.1 Å². The molecule has 5 nitrogen and oxygen atoms in total. The Hall–Kier alpha value is -3.64. The highest BCUT2D eigenvalue weighted by Crippen LogP contribution is 2.43. The molecular weight excluding hydrogens is 440 g/mol. The number of pyridine rings is 1. The molecule has 3 heterocycles. The summed E-state index contributed by atoms with van der Waals surface area (Å²) in [7, 11) is 1.69. The molecular formula is C28H28N4OS. The average Bonchev–Trinajstić information content (AvgIpc) is 3.36. The lowest BCUT2D eigenvalue weighted by molar-refractivity contribution is 0.415. The van der Waals surface area contributed by atoms with Gasteiger partial charge >= 0.3 is 0 Å². The van der Waals surface area contributed by atoms with Gasteiger partial charge in [-0.05, 0) is 67.5 Å². The van der Waals surface area contributed by atoms with Crippen LogP contribution in [-0.2, 0) is 6.54 Å². The van der Waals surface area contributed by atoms with Crippen LogP contribution in [0.3, 0.4) is 0 Å². The van der Waals surface area contributed by atoms with Gasteiger partial charge in [0, 0.05) is 35.9 Å². The van der Waals surface area contributed by atoms with E-state index in [-0.39, 0.29) is 12.1 Å². The Labute approximate surface area is 206 Å². The van der Waals surface area contributed by atoms with Crippen molar-refractivity contribution in [3.63, 3.8) is 0 Å². The van der Waals surface area contributed by atoms with Gasteiger partial charge in [-0.2, -0.15) is 0 Å². The van der Waals surface area contributed by atoms with Gasteiger partial charge in [0.05, 0.1) is 24.9 Å². The van der Waals surface area contributed by atoms with Crippen LogP contribution in [0, 0.1) is 13.8 Å². The van der Waals surface area contributed by atoms with E-state index < -0.39 is 0 Å². The molecule has 34 heavy (non-hydrogen) atoms. The topological polar surface area (TPSA) is 42.3 Å². The fourth-order valence-corrected chi connectivity index (χ4v) is 5.19. The van der Waals surface area contributed by atoms with Crippen LogP contribution < -0.4 is 15.0 Å². The predicted molar refractivity (Wildman–Crippen MR) is 140 cm³/mol. The molecule has 0 bridgehead atoms. The third-order valence-electron chi connectivity index (χ3n) is 6.54. The van der Waals surface area contributed by atoms with Crippen molar-refractivity contribution >= 4 is 23.0 Å². The first kappa shape index (κ1) is 22.2. The Bertz CT molecular complexity index is 1300. The summed E-state index contributed by atoms with van der Waals surface area (Å²) in [6.45, 7) is 5.20. The van der Waals surface area contributed by atoms with Crippen molar-refractivity contribution in [2.45, 2.75) is 32.5 Å². The highest BCUT2D eigenvalue weighted by Gasteiger charge is 2.42. The van der Waals surface area contributed by atoms with Gasteiger partial charge in [0.15, 0.2) is 5.11 Å². The van der Waals surface area contributed by atoms with E-state index >= 15 is 0 Å². The van der Waals surface area contributed by atoms with Crippen LogP contribution in [0.25, 0.3) is 0 Å². The summed E-state index contributed by atoms with van der Waals surface area (Å²) in [5.74, 6) is 0.801. The van der Waals surface area contributed by atoms with Crippen molar-refractivity contribution in [3.05, 3.63) is 113 Å². The van der Waals surface area contributed by atoms with Crippen molar-refractivity contribution in [2.24, 2.45) is 0 Å². The minimum atomic E-state index is -0.0782. The number of nitrogens with zero attached hydrogens (tertiary/aromatic N) is 3. The van der Waals surface area contributed by atoms with E-state index in [9.17, 15) is 0 Å². The number of anilines is 1. The van der Waals surface area contributed by atoms with Crippen LogP contribution in [0.2, 0.25) is 0 Å². The normalized spacial score (nSPS) is 17.6. The van der Waals surface area contributed by atoms with E-state index in [1.165, 1.54) is 22.5 Å². The minimum absolute atomic E-state index is 0.0507. The molecule has 2 aromatic carbocycles. The number of benzene rings is 2. The monoisotopic (exact) mass is 468 g/mol. The zero-order valence-electron chi connectivity index (χ0n) is 19.6. The molecule has 1 aliphatic heterocycles. The van der Waals surface area contributed by atoms with Crippen molar-refractivity contribution in [1.29, 1.82) is 0 Å². The predicted octanol–water partition coefficient (Wildman–Crippen LogP) is 5.73. The second-order valence-electron chi connectivity index (χ2n) is 8.60. The van der Waals surface area contributed by atoms with E-state index in [0.717, 1.165) is 23.7 Å². The lowest BCUT2D eigenvalue weighted by Gasteiger charge is -2.28. The number of hydrogen-bond donors (Lipinski definition) is 1. The number of aromatic nitrogens is 2. The van der Waals surface area contributed by atoms with E-state index in [0.29, 0.717) is 5.11 Å². The Morgan fingerprint density at radius 2 is 1.76 bits per heavy atom. The smallest absolute Gasteiger partial charge is 0.174 e. The zero-order valence-corrected chi connectivity index (χ0v) is 20.4. The molecule has 0 amide bonds. The van der Waals surface area contributed by atoms with Crippen molar-refractivity contribution in [1.82, 2.24) is 14.9 Å². The average molecular weight is 469 g/mol. The van der Waals surface area contributed by atoms with Gasteiger partial charge < -0.3 is 19.5 Å². The fourth-order valence-electron chi connectivity index (χ4n) is 4.85. The number of aryl methyl sites for hydroxylation is 1. The second kappa shape index (κ2) is 9.31. The van der Waals surface area contributed by atoms with Gasteiger partial charge in [-0.3, -0.25) is 4.98 Å². The Balaban J connectivity index is 1.62. The highest BCUT2D eigenvalue weighted by atomic mass is 32.1. The molecule has 0 aliphatic carbocycles. The first-order valence-electron chi connectivity index (χ1n) is 11.4. The molecule has 6 heteroatoms. The molecule has 1 saturated heterocycles. The summed E-state index contributed by atoms with van der Waals surface area (Å²) < 4.78 is 7.89. The molecule has 1 fully saturated rings. The van der Waals surface area contributed by atoms with E-state index in [4.69, 9.17) is 17.0 Å². The lowest BCUT2D eigenvalue weighted by atomic mass is 9.96. The number of thiocarbonyl (C=S) groups is 1. The first-order chi connectivity index (χ1) is 16.6. The molecule has 0 radical (unpaired) electrons. The standard InChI is InChI=1S/C28H28N4OS/c1-19-16-24(20(2)31(19)18-21-10-5-4-6-11-21)27-26(25-14-7-8-15-29-25)30-28(34)32(27)22-12-9-13-23(17-22)33-3/h4-17,26-27H,18H2,1-3H3,(H,30,34). The number of hydrogen-bond acceptors (Lipinski definition) is 3. The fraction of sp³-hybridized carbons (Fsp3) is 0.214. The molecule has 5 rings (SSSR count). The summed E-state index contributed by atoms with van der Waals surface area (Å²) >= 11 is 5.88. The van der Waals surface area contributed by atoms with Crippen LogP contribution >= 0.6 is 12.2 Å². The van der Waals surface area contributed by atoms with Crippen LogP contribution in [-0.4, -0.2) is 21.8 Å². The third-order valence-corrected chi connectivity index (χ3v) is 6.86. The Kier molecular flexibility index (Phi) is 6.07. The van der Waals surface area contributed by atoms with Gasteiger partial charge in [-0.25, -0.2) is 0 Å². The molecule has 172 valence electrons. The number of methoxy groups -OCH3 is 1. The van der Waals surface area contributed by atoms with Gasteiger partial charge in [0.1, 0.15) is 5.75 Å². The lowest BCUT2D eigenvalue weighted by Crippen LogP contribution is -2.29.